The molecule has 2 heterocycles. The number of nitrogens with zero attached hydrogens (tertiary/aromatic N) is 1. The summed E-state index contributed by atoms with van der Waals surface area (Å²) in [6, 6.07) is 12.9. The molecule has 2 aromatic heterocycles. The first kappa shape index (κ1) is 27.8. The zero-order valence-electron chi connectivity index (χ0n) is 22.8. The van der Waals surface area contributed by atoms with Crippen molar-refractivity contribution in [1.82, 2.24) is 20.6 Å². The number of methoxy groups -OCH3 is 1. The van der Waals surface area contributed by atoms with E-state index < -0.39 is 6.04 Å². The van der Waals surface area contributed by atoms with Crippen LogP contribution in [0.5, 0.6) is 5.75 Å². The number of carbonyl (C=O) groups excluding carboxylic acids is 3. The second kappa shape index (κ2) is 13.0. The third-order valence-corrected chi connectivity index (χ3v) is 7.06. The molecule has 0 aliphatic rings. The topological polar surface area (TPSA) is 113 Å². The fraction of sp³-hybridized carbons (Fsp3) is 0.355. The molecule has 1 unspecified atom stereocenters. The van der Waals surface area contributed by atoms with E-state index in [1.165, 1.54) is 0 Å². The van der Waals surface area contributed by atoms with Crippen molar-refractivity contribution in [3.8, 4) is 5.75 Å². The average Bonchev–Trinajstić information content (AvgIpc) is 3.24. The van der Waals surface area contributed by atoms with Crippen molar-refractivity contribution in [2.75, 3.05) is 7.11 Å². The molecule has 0 saturated heterocycles. The van der Waals surface area contributed by atoms with Gasteiger partial charge in [0.2, 0.25) is 11.8 Å². The van der Waals surface area contributed by atoms with E-state index in [9.17, 15) is 14.4 Å². The van der Waals surface area contributed by atoms with Crippen LogP contribution in [0.4, 0.5) is 0 Å². The highest BCUT2D eigenvalue weighted by Gasteiger charge is 2.22. The van der Waals surface area contributed by atoms with Crippen molar-refractivity contribution in [3.63, 3.8) is 0 Å². The Morgan fingerprint density at radius 1 is 1.05 bits per heavy atom. The lowest BCUT2D eigenvalue weighted by Crippen LogP contribution is -2.47. The zero-order chi connectivity index (χ0) is 27.8. The molecule has 4 rings (SSSR count). The number of rotatable bonds is 13. The Morgan fingerprint density at radius 2 is 1.90 bits per heavy atom. The second-order valence-corrected chi connectivity index (χ2v) is 9.97. The highest BCUT2D eigenvalue weighted by molar-refractivity contribution is 5.93. The van der Waals surface area contributed by atoms with Crippen LogP contribution in [0, 0.1) is 6.92 Å². The fourth-order valence-corrected chi connectivity index (χ4v) is 4.94. The first-order valence-electron chi connectivity index (χ1n) is 13.4. The number of nitrogens with one attached hydrogen (secondary N) is 3. The zero-order valence-corrected chi connectivity index (χ0v) is 22.8. The molecule has 4 aromatic rings. The summed E-state index contributed by atoms with van der Waals surface area (Å²) in [5.74, 6) is 0.434. The van der Waals surface area contributed by atoms with Crippen molar-refractivity contribution in [2.45, 2.75) is 65.0 Å². The Morgan fingerprint density at radius 3 is 2.69 bits per heavy atom. The normalized spacial score (nSPS) is 11.9. The standard InChI is InChI=1S/C31H36N4O4/c1-20(36)8-5-4-6-11-29(31(38)33-19-23-10-7-9-22-18-32-15-14-25(22)23)35-30(37)17-26-21(2)34-28-13-12-24(39-3)16-27(26)28/h7,9-10,12-16,18,29,34H,4-6,8,11,17,19H2,1-3H3,(H,33,38)(H,35,37). The summed E-state index contributed by atoms with van der Waals surface area (Å²) in [7, 11) is 1.61. The van der Waals surface area contributed by atoms with Gasteiger partial charge in [0.05, 0.1) is 13.5 Å². The van der Waals surface area contributed by atoms with E-state index in [1.54, 1.807) is 26.4 Å². The minimum absolute atomic E-state index is 0.142. The maximum Gasteiger partial charge on any atom is 0.242 e. The highest BCUT2D eigenvalue weighted by Crippen LogP contribution is 2.27. The summed E-state index contributed by atoms with van der Waals surface area (Å²) in [4.78, 5) is 45.3. The molecule has 1 atom stereocenters. The number of pyridine rings is 1. The van der Waals surface area contributed by atoms with Crippen LogP contribution in [-0.2, 0) is 27.3 Å². The average molecular weight is 529 g/mol. The van der Waals surface area contributed by atoms with Crippen molar-refractivity contribution < 1.29 is 19.1 Å². The van der Waals surface area contributed by atoms with Gasteiger partial charge >= 0.3 is 0 Å². The van der Waals surface area contributed by atoms with Gasteiger partial charge in [-0.25, -0.2) is 0 Å². The summed E-state index contributed by atoms with van der Waals surface area (Å²) in [6.45, 7) is 3.87. The van der Waals surface area contributed by atoms with Crippen LogP contribution in [0.15, 0.2) is 54.9 Å². The second-order valence-electron chi connectivity index (χ2n) is 9.97. The van der Waals surface area contributed by atoms with E-state index >= 15 is 0 Å². The first-order valence-corrected chi connectivity index (χ1v) is 13.4. The van der Waals surface area contributed by atoms with Crippen LogP contribution >= 0.6 is 0 Å². The van der Waals surface area contributed by atoms with Gasteiger partial charge in [-0.3, -0.25) is 14.6 Å². The Labute approximate surface area is 228 Å². The highest BCUT2D eigenvalue weighted by atomic mass is 16.5. The summed E-state index contributed by atoms with van der Waals surface area (Å²) in [5.41, 5.74) is 3.70. The predicted molar refractivity (Wildman–Crippen MR) is 153 cm³/mol. The van der Waals surface area contributed by atoms with Gasteiger partial charge in [0.1, 0.15) is 17.6 Å². The van der Waals surface area contributed by atoms with Gasteiger partial charge < -0.3 is 25.1 Å². The predicted octanol–water partition coefficient (Wildman–Crippen LogP) is 4.92. The van der Waals surface area contributed by atoms with E-state index in [2.05, 4.69) is 20.6 Å². The Hall–Kier alpha value is -4.20. The molecule has 0 spiro atoms. The number of aromatic amines is 1. The number of carbonyl (C=O) groups is 3. The molecule has 0 radical (unpaired) electrons. The van der Waals surface area contributed by atoms with Gasteiger partial charge in [-0.05, 0) is 67.5 Å². The summed E-state index contributed by atoms with van der Waals surface area (Å²) in [5, 5.41) is 8.96. The van der Waals surface area contributed by atoms with Crippen LogP contribution in [0.1, 0.15) is 55.8 Å². The van der Waals surface area contributed by atoms with Crippen LogP contribution in [0.2, 0.25) is 0 Å². The summed E-state index contributed by atoms with van der Waals surface area (Å²) < 4.78 is 5.36. The molecule has 8 nitrogen and oxygen atoms in total. The number of aryl methyl sites for hydroxylation is 1. The van der Waals surface area contributed by atoms with Gasteiger partial charge in [-0.1, -0.05) is 31.0 Å². The van der Waals surface area contributed by atoms with Crippen LogP contribution in [0.25, 0.3) is 21.7 Å². The van der Waals surface area contributed by atoms with Gasteiger partial charge in [-0.15, -0.1) is 0 Å². The maximum atomic E-state index is 13.3. The fourth-order valence-electron chi connectivity index (χ4n) is 4.94. The third kappa shape index (κ3) is 7.22. The number of amides is 2. The van der Waals surface area contributed by atoms with Crippen LogP contribution in [-0.4, -0.2) is 40.7 Å². The van der Waals surface area contributed by atoms with Gasteiger partial charge in [0.25, 0.3) is 0 Å². The number of unbranched alkanes of at least 4 members (excludes halogenated alkanes) is 2. The Kier molecular flexibility index (Phi) is 9.31. The van der Waals surface area contributed by atoms with Gasteiger partial charge in [0, 0.05) is 47.3 Å². The maximum absolute atomic E-state index is 13.3. The van der Waals surface area contributed by atoms with Crippen LogP contribution < -0.4 is 15.4 Å². The van der Waals surface area contributed by atoms with E-state index in [1.807, 2.05) is 49.4 Å². The number of fused-ring (bicyclic) bond motifs is 2. The quantitative estimate of drug-likeness (QED) is 0.213. The number of Topliss-reactive ketones (excluding diaryl/α,β-unsaturated/α-hetero) is 1. The molecule has 3 N–H and O–H groups in total. The number of H-pyrrole nitrogens is 1. The molecule has 0 aliphatic heterocycles. The SMILES string of the molecule is COc1ccc2[nH]c(C)c(CC(=O)NC(CCCCCC(C)=O)C(=O)NCc3cccc4cnccc34)c2c1. The molecular formula is C31H36N4O4. The minimum Gasteiger partial charge on any atom is -0.497 e. The molecule has 2 amide bonds. The smallest absolute Gasteiger partial charge is 0.242 e. The number of ketones is 1. The van der Waals surface area contributed by atoms with Crippen LogP contribution in [0.3, 0.4) is 0 Å². The van der Waals surface area contributed by atoms with Crippen molar-refractivity contribution >= 4 is 39.3 Å². The van der Waals surface area contributed by atoms with E-state index in [-0.39, 0.29) is 24.0 Å². The van der Waals surface area contributed by atoms with Crippen molar-refractivity contribution in [3.05, 3.63) is 71.7 Å². The molecule has 0 saturated carbocycles. The Balaban J connectivity index is 1.45. The van der Waals surface area contributed by atoms with Gasteiger partial charge in [0.15, 0.2) is 0 Å². The van der Waals surface area contributed by atoms with Gasteiger partial charge in [-0.2, -0.15) is 0 Å². The van der Waals surface area contributed by atoms with Crippen molar-refractivity contribution in [1.29, 1.82) is 0 Å². The summed E-state index contributed by atoms with van der Waals surface area (Å²) in [6.07, 6.45) is 7.03. The third-order valence-electron chi connectivity index (χ3n) is 7.06. The van der Waals surface area contributed by atoms with E-state index in [0.717, 1.165) is 63.5 Å². The lowest BCUT2D eigenvalue weighted by Gasteiger charge is -2.19. The number of hydrogen-bond acceptors (Lipinski definition) is 5. The lowest BCUT2D eigenvalue weighted by molar-refractivity contribution is -0.129. The lowest BCUT2D eigenvalue weighted by atomic mass is 10.0. The molecular weight excluding hydrogens is 492 g/mol. The molecule has 0 fully saturated rings. The van der Waals surface area contributed by atoms with E-state index in [4.69, 9.17) is 4.74 Å². The largest absolute Gasteiger partial charge is 0.497 e. The molecule has 204 valence electrons. The molecule has 8 heteroatoms. The monoisotopic (exact) mass is 528 g/mol. The molecule has 39 heavy (non-hydrogen) atoms. The first-order chi connectivity index (χ1) is 18.9. The number of aromatic nitrogens is 2. The van der Waals surface area contributed by atoms with E-state index in [0.29, 0.717) is 19.4 Å². The molecule has 0 bridgehead atoms. The number of benzene rings is 2. The molecule has 2 aromatic carbocycles. The summed E-state index contributed by atoms with van der Waals surface area (Å²) >= 11 is 0. The number of ether oxygens (including phenoxy) is 1. The number of hydrogen-bond donors (Lipinski definition) is 3. The van der Waals surface area contributed by atoms with Crippen molar-refractivity contribution in [2.24, 2.45) is 0 Å². The Bertz CT molecular complexity index is 1470. The minimum atomic E-state index is -0.675. The molecule has 0 aliphatic carbocycles.